The number of nitrogens with one attached hydrogen (secondary N) is 1. The first kappa shape index (κ1) is 20.6. The highest BCUT2D eigenvalue weighted by Gasteiger charge is 2.31. The van der Waals surface area contributed by atoms with Gasteiger partial charge in [0.2, 0.25) is 5.91 Å². The zero-order valence-electron chi connectivity index (χ0n) is 17.7. The summed E-state index contributed by atoms with van der Waals surface area (Å²) in [5.41, 5.74) is 2.49. The molecule has 1 unspecified atom stereocenters. The molecule has 1 saturated carbocycles. The van der Waals surface area contributed by atoms with Crippen LogP contribution < -0.4 is 5.32 Å². The number of nitrogens with zero attached hydrogens (tertiary/aromatic N) is 2. The van der Waals surface area contributed by atoms with Gasteiger partial charge >= 0.3 is 0 Å². The molecule has 1 N–H and O–H groups in total. The summed E-state index contributed by atoms with van der Waals surface area (Å²) in [6.07, 6.45) is 5.40. The van der Waals surface area contributed by atoms with Gasteiger partial charge in [-0.25, -0.2) is 0 Å². The Hall–Kier alpha value is -2.66. The first-order valence-corrected chi connectivity index (χ1v) is 11.1. The first-order chi connectivity index (χ1) is 14.6. The predicted molar refractivity (Wildman–Crippen MR) is 119 cm³/mol. The first-order valence-electron chi connectivity index (χ1n) is 11.1. The van der Waals surface area contributed by atoms with Gasteiger partial charge in [-0.3, -0.25) is 9.59 Å². The van der Waals surface area contributed by atoms with E-state index in [0.717, 1.165) is 44.3 Å². The number of hydrogen-bond acceptors (Lipinski definition) is 3. The molecular weight excluding hydrogens is 374 g/mol. The molecule has 1 aliphatic heterocycles. The van der Waals surface area contributed by atoms with Gasteiger partial charge in [0, 0.05) is 36.8 Å². The highest BCUT2D eigenvalue weighted by Crippen LogP contribution is 2.28. The number of rotatable bonds is 4. The van der Waals surface area contributed by atoms with Crippen molar-refractivity contribution in [2.75, 3.05) is 32.0 Å². The second kappa shape index (κ2) is 9.43. The van der Waals surface area contributed by atoms with Crippen LogP contribution in [0.15, 0.2) is 54.6 Å². The molecule has 0 spiro atoms. The molecule has 5 heteroatoms. The van der Waals surface area contributed by atoms with Crippen molar-refractivity contribution in [2.24, 2.45) is 5.92 Å². The lowest BCUT2D eigenvalue weighted by Crippen LogP contribution is -2.49. The van der Waals surface area contributed by atoms with E-state index in [2.05, 4.69) is 29.4 Å². The summed E-state index contributed by atoms with van der Waals surface area (Å²) in [4.78, 5) is 30.3. The van der Waals surface area contributed by atoms with E-state index in [1.54, 1.807) is 0 Å². The largest absolute Gasteiger partial charge is 0.329 e. The van der Waals surface area contributed by atoms with Gasteiger partial charge in [0.05, 0.1) is 6.04 Å². The van der Waals surface area contributed by atoms with Gasteiger partial charge in [-0.15, -0.1) is 0 Å². The maximum Gasteiger partial charge on any atom is 0.254 e. The Bertz CT molecular complexity index is 877. The van der Waals surface area contributed by atoms with E-state index >= 15 is 0 Å². The van der Waals surface area contributed by atoms with Crippen LogP contribution in [0.3, 0.4) is 0 Å². The van der Waals surface area contributed by atoms with Gasteiger partial charge in [-0.1, -0.05) is 55.7 Å². The Morgan fingerprint density at radius 3 is 2.47 bits per heavy atom. The number of likely N-dealkylation sites (N-methyl/N-ethyl adjacent to an activating group) is 1. The number of piperazine rings is 1. The molecule has 0 bridgehead atoms. The minimum absolute atomic E-state index is 0.0192. The molecule has 2 amide bonds. The lowest BCUT2D eigenvalue weighted by Gasteiger charge is -2.40. The fraction of sp³-hybridized carbons (Fsp3) is 0.440. The molecule has 30 heavy (non-hydrogen) atoms. The lowest BCUT2D eigenvalue weighted by atomic mass is 9.88. The monoisotopic (exact) mass is 405 g/mol. The number of benzene rings is 2. The van der Waals surface area contributed by atoms with Crippen LogP contribution in [-0.2, 0) is 4.79 Å². The van der Waals surface area contributed by atoms with Crippen molar-refractivity contribution in [1.82, 2.24) is 9.80 Å². The summed E-state index contributed by atoms with van der Waals surface area (Å²) in [5.74, 6) is 0.199. The highest BCUT2D eigenvalue weighted by atomic mass is 16.2. The van der Waals surface area contributed by atoms with E-state index in [-0.39, 0.29) is 23.8 Å². The van der Waals surface area contributed by atoms with Gasteiger partial charge in [0.1, 0.15) is 0 Å². The number of carbonyl (C=O) groups is 2. The molecule has 1 heterocycles. The quantitative estimate of drug-likeness (QED) is 0.824. The molecule has 2 fully saturated rings. The van der Waals surface area contributed by atoms with Gasteiger partial charge in [-0.05, 0) is 43.7 Å². The summed E-state index contributed by atoms with van der Waals surface area (Å²) in [5, 5.41) is 3.04. The predicted octanol–water partition coefficient (Wildman–Crippen LogP) is 4.33. The molecule has 1 atom stereocenters. The van der Waals surface area contributed by atoms with Crippen LogP contribution in [0.4, 0.5) is 5.69 Å². The van der Waals surface area contributed by atoms with Crippen LogP contribution in [0.5, 0.6) is 0 Å². The second-order valence-electron chi connectivity index (χ2n) is 8.59. The second-order valence-corrected chi connectivity index (χ2v) is 8.59. The molecule has 0 radical (unpaired) electrons. The fourth-order valence-electron chi connectivity index (χ4n) is 4.63. The number of carbonyl (C=O) groups excluding carboxylic acids is 2. The minimum atomic E-state index is 0.0192. The Morgan fingerprint density at radius 2 is 1.70 bits per heavy atom. The summed E-state index contributed by atoms with van der Waals surface area (Å²) in [6.45, 7) is 2.36. The van der Waals surface area contributed by atoms with Gasteiger partial charge in [-0.2, -0.15) is 0 Å². The van der Waals surface area contributed by atoms with Crippen molar-refractivity contribution in [3.8, 4) is 0 Å². The topological polar surface area (TPSA) is 52.6 Å². The third-order valence-electron chi connectivity index (χ3n) is 6.38. The van der Waals surface area contributed by atoms with Crippen LogP contribution in [0.25, 0.3) is 0 Å². The highest BCUT2D eigenvalue weighted by molar-refractivity contribution is 5.98. The van der Waals surface area contributed by atoms with Crippen molar-refractivity contribution in [3.63, 3.8) is 0 Å². The summed E-state index contributed by atoms with van der Waals surface area (Å²) in [7, 11) is 2.10. The molecule has 5 nitrogen and oxygen atoms in total. The minimum Gasteiger partial charge on any atom is -0.329 e. The smallest absolute Gasteiger partial charge is 0.254 e. The van der Waals surface area contributed by atoms with Crippen molar-refractivity contribution in [3.05, 3.63) is 65.7 Å². The van der Waals surface area contributed by atoms with Crippen LogP contribution in [0, 0.1) is 5.92 Å². The SMILES string of the molecule is CN1CCN(C(=O)c2cccc(NC(=O)C3CCCCC3)c2)C(c2ccccc2)C1. The van der Waals surface area contributed by atoms with E-state index < -0.39 is 0 Å². The third-order valence-corrected chi connectivity index (χ3v) is 6.38. The number of anilines is 1. The summed E-state index contributed by atoms with van der Waals surface area (Å²) in [6, 6.07) is 17.6. The van der Waals surface area contributed by atoms with Crippen molar-refractivity contribution >= 4 is 17.5 Å². The third kappa shape index (κ3) is 4.73. The average Bonchev–Trinajstić information content (AvgIpc) is 2.80. The molecule has 4 rings (SSSR count). The van der Waals surface area contributed by atoms with E-state index in [1.165, 1.54) is 6.42 Å². The van der Waals surface area contributed by atoms with Gasteiger partial charge in [0.15, 0.2) is 0 Å². The van der Waals surface area contributed by atoms with Crippen LogP contribution in [-0.4, -0.2) is 48.3 Å². The van der Waals surface area contributed by atoms with E-state index in [9.17, 15) is 9.59 Å². The number of amides is 2. The maximum atomic E-state index is 13.4. The maximum absolute atomic E-state index is 13.4. The normalized spacial score (nSPS) is 20.7. The molecule has 158 valence electrons. The molecule has 2 aliphatic rings. The van der Waals surface area contributed by atoms with E-state index in [1.807, 2.05) is 47.4 Å². The Morgan fingerprint density at radius 1 is 0.933 bits per heavy atom. The van der Waals surface area contributed by atoms with Crippen molar-refractivity contribution in [2.45, 2.75) is 38.1 Å². The molecule has 1 saturated heterocycles. The van der Waals surface area contributed by atoms with E-state index in [4.69, 9.17) is 0 Å². The van der Waals surface area contributed by atoms with Gasteiger partial charge in [0.25, 0.3) is 5.91 Å². The van der Waals surface area contributed by atoms with Crippen molar-refractivity contribution < 1.29 is 9.59 Å². The summed E-state index contributed by atoms with van der Waals surface area (Å²) >= 11 is 0. The Kier molecular flexibility index (Phi) is 6.48. The fourth-order valence-corrected chi connectivity index (χ4v) is 4.63. The van der Waals surface area contributed by atoms with Crippen LogP contribution >= 0.6 is 0 Å². The molecule has 1 aliphatic carbocycles. The van der Waals surface area contributed by atoms with Crippen molar-refractivity contribution in [1.29, 1.82) is 0 Å². The zero-order valence-corrected chi connectivity index (χ0v) is 17.7. The average molecular weight is 406 g/mol. The Balaban J connectivity index is 1.50. The number of hydrogen-bond donors (Lipinski definition) is 1. The van der Waals surface area contributed by atoms with Gasteiger partial charge < -0.3 is 15.1 Å². The molecule has 2 aromatic carbocycles. The lowest BCUT2D eigenvalue weighted by molar-refractivity contribution is -0.120. The molecule has 2 aromatic rings. The zero-order chi connectivity index (χ0) is 20.9. The van der Waals surface area contributed by atoms with E-state index in [0.29, 0.717) is 17.8 Å². The molecule has 0 aromatic heterocycles. The van der Waals surface area contributed by atoms with Crippen LogP contribution in [0.2, 0.25) is 0 Å². The molecular formula is C25H31N3O2. The standard InChI is InChI=1S/C25H31N3O2/c1-27-15-16-28(23(18-27)19-9-4-2-5-10-19)25(30)21-13-8-14-22(17-21)26-24(29)20-11-6-3-7-12-20/h2,4-5,8-10,13-14,17,20,23H,3,6-7,11-12,15-16,18H2,1H3,(H,26,29). The summed E-state index contributed by atoms with van der Waals surface area (Å²) < 4.78 is 0. The van der Waals surface area contributed by atoms with Crippen LogP contribution in [0.1, 0.15) is 54.1 Å². The Labute approximate surface area is 179 Å².